The monoisotopic (exact) mass is 969 g/mol. The molecule has 356 valence electrons. The number of rotatable bonds is 9. The Balaban J connectivity index is 0.855. The van der Waals surface area contributed by atoms with Crippen molar-refractivity contribution in [3.05, 3.63) is 307 Å². The molecular formula is C73H47NO2. The van der Waals surface area contributed by atoms with Gasteiger partial charge in [0.05, 0.1) is 11.1 Å². The quantitative estimate of drug-likeness (QED) is 0.144. The highest BCUT2D eigenvalue weighted by atomic mass is 16.3. The minimum Gasteiger partial charge on any atom is -0.456 e. The largest absolute Gasteiger partial charge is 0.456 e. The van der Waals surface area contributed by atoms with Gasteiger partial charge in [-0.1, -0.05) is 206 Å². The fraction of sp³-hybridized carbons (Fsp3) is 0.0137. The summed E-state index contributed by atoms with van der Waals surface area (Å²) in [5, 5.41) is 4.52. The van der Waals surface area contributed by atoms with Crippen LogP contribution in [-0.4, -0.2) is 0 Å². The van der Waals surface area contributed by atoms with Crippen molar-refractivity contribution in [2.24, 2.45) is 0 Å². The molecule has 0 saturated carbocycles. The molecule has 14 aromatic rings. The van der Waals surface area contributed by atoms with Crippen LogP contribution in [0.3, 0.4) is 0 Å². The smallest absolute Gasteiger partial charge is 0.135 e. The van der Waals surface area contributed by atoms with Gasteiger partial charge in [0.25, 0.3) is 0 Å². The van der Waals surface area contributed by atoms with Gasteiger partial charge in [-0.25, -0.2) is 0 Å². The first-order chi connectivity index (χ1) is 37.7. The second-order valence-corrected chi connectivity index (χ2v) is 19.9. The summed E-state index contributed by atoms with van der Waals surface area (Å²) in [6.07, 6.45) is 0. The Labute approximate surface area is 440 Å². The Morgan fingerprint density at radius 2 is 0.658 bits per heavy atom. The molecule has 15 rings (SSSR count). The van der Waals surface area contributed by atoms with Crippen LogP contribution >= 0.6 is 0 Å². The molecule has 76 heavy (non-hydrogen) atoms. The Kier molecular flexibility index (Phi) is 10.1. The third-order valence-electron chi connectivity index (χ3n) is 15.8. The van der Waals surface area contributed by atoms with Crippen LogP contribution in [-0.2, 0) is 5.41 Å². The standard InChI is InChI=1S/C73H47NO2/c1-3-20-56(21-4-1)73(57-22-5-2-6-23-57)65-27-10-7-26-62(65)72-66(73)28-15-29-67(72)74(58-38-32-48(33-39-58)50-16-13-18-52(44-50)54-36-42-70-63(46-54)60-24-8-11-30-68(60)75-70)59-40-34-49(35-41-59)51-17-14-19-53(45-51)55-37-43-71-64(47-55)61-25-9-12-31-69(61)76-71/h1-47H. The number of fused-ring (bicyclic) bond motifs is 9. The first-order valence-electron chi connectivity index (χ1n) is 26.0. The summed E-state index contributed by atoms with van der Waals surface area (Å²) in [4.78, 5) is 2.46. The highest BCUT2D eigenvalue weighted by Crippen LogP contribution is 2.59. The minimum atomic E-state index is -0.537. The van der Waals surface area contributed by atoms with E-state index in [4.69, 9.17) is 8.83 Å². The molecule has 0 amide bonds. The van der Waals surface area contributed by atoms with Gasteiger partial charge in [-0.3, -0.25) is 0 Å². The van der Waals surface area contributed by atoms with E-state index in [1.54, 1.807) is 0 Å². The molecule has 0 aliphatic heterocycles. The summed E-state index contributed by atoms with van der Waals surface area (Å²) in [5.41, 5.74) is 23.0. The van der Waals surface area contributed by atoms with Crippen LogP contribution in [0.1, 0.15) is 22.3 Å². The van der Waals surface area contributed by atoms with Crippen molar-refractivity contribution in [2.45, 2.75) is 5.41 Å². The lowest BCUT2D eigenvalue weighted by atomic mass is 9.68. The van der Waals surface area contributed by atoms with E-state index in [9.17, 15) is 0 Å². The number of nitrogens with zero attached hydrogens (tertiary/aromatic N) is 1. The predicted molar refractivity (Wildman–Crippen MR) is 315 cm³/mol. The number of furan rings is 2. The van der Waals surface area contributed by atoms with E-state index in [-0.39, 0.29) is 0 Å². The van der Waals surface area contributed by atoms with Gasteiger partial charge in [-0.05, 0) is 151 Å². The zero-order valence-electron chi connectivity index (χ0n) is 41.4. The van der Waals surface area contributed by atoms with Crippen molar-refractivity contribution in [1.29, 1.82) is 0 Å². The summed E-state index contributed by atoms with van der Waals surface area (Å²) in [6.45, 7) is 0. The van der Waals surface area contributed by atoms with Crippen LogP contribution in [0.15, 0.2) is 294 Å². The van der Waals surface area contributed by atoms with E-state index in [1.807, 2.05) is 24.3 Å². The topological polar surface area (TPSA) is 29.5 Å². The molecule has 0 unspecified atom stereocenters. The maximum atomic E-state index is 6.18. The first kappa shape index (κ1) is 43.6. The van der Waals surface area contributed by atoms with Crippen LogP contribution in [0.25, 0.3) is 99.5 Å². The third kappa shape index (κ3) is 6.97. The summed E-state index contributed by atoms with van der Waals surface area (Å²) >= 11 is 0. The number of hydrogen-bond acceptors (Lipinski definition) is 3. The Morgan fingerprint density at radius 1 is 0.263 bits per heavy atom. The fourth-order valence-electron chi connectivity index (χ4n) is 12.3. The maximum absolute atomic E-state index is 6.18. The van der Waals surface area contributed by atoms with E-state index >= 15 is 0 Å². The molecule has 0 atom stereocenters. The third-order valence-corrected chi connectivity index (χ3v) is 15.8. The molecule has 3 heteroatoms. The molecule has 1 aliphatic carbocycles. The predicted octanol–water partition coefficient (Wildman–Crippen LogP) is 20.0. The van der Waals surface area contributed by atoms with Crippen LogP contribution < -0.4 is 4.90 Å². The Hall–Kier alpha value is -9.96. The summed E-state index contributed by atoms with van der Waals surface area (Å²) in [6, 6.07) is 104. The second-order valence-electron chi connectivity index (χ2n) is 19.9. The van der Waals surface area contributed by atoms with Crippen molar-refractivity contribution < 1.29 is 8.83 Å². The van der Waals surface area contributed by atoms with Gasteiger partial charge in [-0.2, -0.15) is 0 Å². The van der Waals surface area contributed by atoms with Crippen molar-refractivity contribution in [3.63, 3.8) is 0 Å². The molecule has 0 spiro atoms. The lowest BCUT2D eigenvalue weighted by Gasteiger charge is -2.34. The molecule has 0 radical (unpaired) electrons. The highest BCUT2D eigenvalue weighted by Gasteiger charge is 2.47. The van der Waals surface area contributed by atoms with E-state index in [2.05, 4.69) is 266 Å². The molecule has 0 fully saturated rings. The van der Waals surface area contributed by atoms with Crippen molar-refractivity contribution >= 4 is 60.9 Å². The number of hydrogen-bond donors (Lipinski definition) is 0. The van der Waals surface area contributed by atoms with Gasteiger partial charge >= 0.3 is 0 Å². The van der Waals surface area contributed by atoms with Crippen molar-refractivity contribution in [1.82, 2.24) is 0 Å². The van der Waals surface area contributed by atoms with Gasteiger partial charge in [0.1, 0.15) is 22.3 Å². The Morgan fingerprint density at radius 3 is 1.18 bits per heavy atom. The van der Waals surface area contributed by atoms with Crippen LogP contribution in [0.5, 0.6) is 0 Å². The summed E-state index contributed by atoms with van der Waals surface area (Å²) in [7, 11) is 0. The van der Waals surface area contributed by atoms with Crippen molar-refractivity contribution in [2.75, 3.05) is 4.90 Å². The molecule has 0 N–H and O–H groups in total. The summed E-state index contributed by atoms with van der Waals surface area (Å²) < 4.78 is 12.4. The van der Waals surface area contributed by atoms with Crippen LogP contribution in [0.4, 0.5) is 17.1 Å². The van der Waals surface area contributed by atoms with Gasteiger partial charge in [0, 0.05) is 38.5 Å². The molecule has 2 aromatic heterocycles. The first-order valence-corrected chi connectivity index (χ1v) is 26.0. The van der Waals surface area contributed by atoms with E-state index in [0.29, 0.717) is 0 Å². The molecular weight excluding hydrogens is 923 g/mol. The zero-order chi connectivity index (χ0) is 50.2. The minimum absolute atomic E-state index is 0.537. The van der Waals surface area contributed by atoms with Gasteiger partial charge < -0.3 is 13.7 Å². The van der Waals surface area contributed by atoms with Crippen molar-refractivity contribution in [3.8, 4) is 55.6 Å². The fourth-order valence-corrected chi connectivity index (χ4v) is 12.3. The number of para-hydroxylation sites is 2. The van der Waals surface area contributed by atoms with Gasteiger partial charge in [-0.15, -0.1) is 0 Å². The lowest BCUT2D eigenvalue weighted by Crippen LogP contribution is -2.28. The zero-order valence-corrected chi connectivity index (χ0v) is 41.4. The molecule has 3 nitrogen and oxygen atoms in total. The number of anilines is 3. The average Bonchev–Trinajstić information content (AvgIpc) is 4.19. The highest BCUT2D eigenvalue weighted by molar-refractivity contribution is 6.07. The van der Waals surface area contributed by atoms with Crippen LogP contribution in [0, 0.1) is 0 Å². The lowest BCUT2D eigenvalue weighted by molar-refractivity contribution is 0.668. The van der Waals surface area contributed by atoms with Gasteiger partial charge in [0.15, 0.2) is 0 Å². The summed E-state index contributed by atoms with van der Waals surface area (Å²) in [5.74, 6) is 0. The molecule has 2 heterocycles. The van der Waals surface area contributed by atoms with Gasteiger partial charge in [0.2, 0.25) is 0 Å². The Bertz CT molecular complexity index is 4270. The second kappa shape index (κ2) is 17.6. The number of benzene rings is 12. The van der Waals surface area contributed by atoms with E-state index < -0.39 is 5.41 Å². The normalized spacial score (nSPS) is 12.6. The maximum Gasteiger partial charge on any atom is 0.135 e. The molecule has 0 bridgehead atoms. The van der Waals surface area contributed by atoms with E-state index in [0.717, 1.165) is 105 Å². The van der Waals surface area contributed by atoms with Crippen LogP contribution in [0.2, 0.25) is 0 Å². The SMILES string of the molecule is c1ccc(C2(c3ccccc3)c3ccccc3-c3c(N(c4ccc(-c5cccc(-c6ccc7oc8ccccc8c7c6)c5)cc4)c4ccc(-c5cccc(-c6ccc7oc8ccccc8c7c6)c5)cc4)cccc32)cc1. The van der Waals surface area contributed by atoms with E-state index in [1.165, 1.54) is 33.4 Å². The molecule has 12 aromatic carbocycles. The average molecular weight is 970 g/mol. The molecule has 0 saturated heterocycles. The molecule has 1 aliphatic rings.